The van der Waals surface area contributed by atoms with E-state index < -0.39 is 0 Å². The van der Waals surface area contributed by atoms with E-state index in [0.29, 0.717) is 0 Å². The van der Waals surface area contributed by atoms with Crippen LogP contribution in [-0.2, 0) is 6.42 Å². The number of nitrogens with zero attached hydrogens (tertiary/aromatic N) is 1. The second-order valence-electron chi connectivity index (χ2n) is 4.71. The highest BCUT2D eigenvalue weighted by Gasteiger charge is 2.02. The van der Waals surface area contributed by atoms with E-state index in [9.17, 15) is 5.11 Å². The summed E-state index contributed by atoms with van der Waals surface area (Å²) in [6, 6.07) is 12.8. The molecule has 0 amide bonds. The predicted molar refractivity (Wildman–Crippen MR) is 80.8 cm³/mol. The van der Waals surface area contributed by atoms with Gasteiger partial charge < -0.3 is 21.1 Å². The van der Waals surface area contributed by atoms with Crippen LogP contribution in [0.25, 0.3) is 11.0 Å². The number of H-pyrrole nitrogens is 1. The molecular formula is C15H16N4O. The zero-order chi connectivity index (χ0) is 13.9. The van der Waals surface area contributed by atoms with Crippen molar-refractivity contribution in [2.45, 2.75) is 6.42 Å². The molecule has 2 aromatic carbocycles. The summed E-state index contributed by atoms with van der Waals surface area (Å²) in [4.78, 5) is 7.63. The van der Waals surface area contributed by atoms with Crippen molar-refractivity contribution < 1.29 is 5.11 Å². The summed E-state index contributed by atoms with van der Waals surface area (Å²) in [5, 5.41) is 12.5. The smallest absolute Gasteiger partial charge is 0.201 e. The van der Waals surface area contributed by atoms with Gasteiger partial charge in [-0.3, -0.25) is 0 Å². The molecule has 20 heavy (non-hydrogen) atoms. The Bertz CT molecular complexity index is 718. The van der Waals surface area contributed by atoms with Crippen molar-refractivity contribution in [1.29, 1.82) is 0 Å². The van der Waals surface area contributed by atoms with E-state index in [2.05, 4.69) is 15.3 Å². The van der Waals surface area contributed by atoms with Gasteiger partial charge in [-0.2, -0.15) is 0 Å². The van der Waals surface area contributed by atoms with Crippen molar-refractivity contribution in [2.24, 2.45) is 0 Å². The van der Waals surface area contributed by atoms with Gasteiger partial charge in [0, 0.05) is 12.2 Å². The molecule has 0 unspecified atom stereocenters. The van der Waals surface area contributed by atoms with E-state index in [0.717, 1.165) is 41.2 Å². The fourth-order valence-corrected chi connectivity index (χ4v) is 2.10. The molecule has 0 saturated heterocycles. The quantitative estimate of drug-likeness (QED) is 0.547. The fraction of sp³-hybridized carbons (Fsp3) is 0.133. The first kappa shape index (κ1) is 12.3. The summed E-state index contributed by atoms with van der Waals surface area (Å²) in [5.74, 6) is 1.03. The SMILES string of the molecule is Nc1ccc2nc(NCCc3ccc(O)cc3)[nH]c2c1. The second-order valence-corrected chi connectivity index (χ2v) is 4.71. The first-order chi connectivity index (χ1) is 9.70. The number of benzene rings is 2. The highest BCUT2D eigenvalue weighted by Crippen LogP contribution is 2.17. The molecule has 0 fully saturated rings. The third-order valence-corrected chi connectivity index (χ3v) is 3.15. The van der Waals surface area contributed by atoms with Gasteiger partial charge in [-0.15, -0.1) is 0 Å². The van der Waals surface area contributed by atoms with Crippen LogP contribution < -0.4 is 11.1 Å². The van der Waals surface area contributed by atoms with Crippen LogP contribution in [0.15, 0.2) is 42.5 Å². The molecule has 1 heterocycles. The van der Waals surface area contributed by atoms with Gasteiger partial charge >= 0.3 is 0 Å². The molecule has 5 nitrogen and oxygen atoms in total. The zero-order valence-electron chi connectivity index (χ0n) is 10.9. The number of aromatic hydroxyl groups is 1. The molecule has 3 aromatic rings. The Morgan fingerprint density at radius 1 is 1.15 bits per heavy atom. The van der Waals surface area contributed by atoms with Crippen LogP contribution in [0.4, 0.5) is 11.6 Å². The van der Waals surface area contributed by atoms with Crippen LogP contribution in [-0.4, -0.2) is 21.6 Å². The number of hydrogen-bond acceptors (Lipinski definition) is 4. The Morgan fingerprint density at radius 3 is 2.75 bits per heavy atom. The number of aromatic nitrogens is 2. The lowest BCUT2D eigenvalue weighted by atomic mass is 10.1. The summed E-state index contributed by atoms with van der Waals surface area (Å²) in [6.45, 7) is 0.764. The molecule has 0 bridgehead atoms. The van der Waals surface area contributed by atoms with Gasteiger partial charge in [-0.05, 0) is 42.3 Å². The number of imidazole rings is 1. The van der Waals surface area contributed by atoms with E-state index in [1.54, 1.807) is 12.1 Å². The maximum atomic E-state index is 9.22. The van der Waals surface area contributed by atoms with E-state index >= 15 is 0 Å². The van der Waals surface area contributed by atoms with Crippen LogP contribution in [0.5, 0.6) is 5.75 Å². The topological polar surface area (TPSA) is 87.0 Å². The standard InChI is InChI=1S/C15H16N4O/c16-11-3-6-13-14(9-11)19-15(18-13)17-8-7-10-1-4-12(20)5-2-10/h1-6,9,20H,7-8,16H2,(H2,17,18,19). The molecule has 3 rings (SSSR count). The average Bonchev–Trinajstić information content (AvgIpc) is 2.83. The minimum absolute atomic E-state index is 0.289. The zero-order valence-corrected chi connectivity index (χ0v) is 10.9. The number of nitrogens with two attached hydrogens (primary N) is 1. The monoisotopic (exact) mass is 268 g/mol. The second kappa shape index (κ2) is 5.13. The van der Waals surface area contributed by atoms with Crippen LogP contribution in [0.1, 0.15) is 5.56 Å². The number of anilines is 2. The molecule has 0 aliphatic rings. The minimum Gasteiger partial charge on any atom is -0.508 e. The first-order valence-corrected chi connectivity index (χ1v) is 6.48. The Morgan fingerprint density at radius 2 is 1.95 bits per heavy atom. The van der Waals surface area contributed by atoms with E-state index in [-0.39, 0.29) is 5.75 Å². The van der Waals surface area contributed by atoms with Crippen LogP contribution >= 0.6 is 0 Å². The predicted octanol–water partition coefficient (Wildman–Crippen LogP) is 2.51. The number of fused-ring (bicyclic) bond motifs is 1. The summed E-state index contributed by atoms with van der Waals surface area (Å²) in [5.41, 5.74) is 9.44. The van der Waals surface area contributed by atoms with Crippen molar-refractivity contribution in [3.05, 3.63) is 48.0 Å². The van der Waals surface area contributed by atoms with Gasteiger partial charge in [0.15, 0.2) is 0 Å². The highest BCUT2D eigenvalue weighted by atomic mass is 16.3. The largest absolute Gasteiger partial charge is 0.508 e. The molecule has 5 N–H and O–H groups in total. The summed E-state index contributed by atoms with van der Waals surface area (Å²) < 4.78 is 0. The van der Waals surface area contributed by atoms with Crippen LogP contribution in [0.3, 0.4) is 0 Å². The molecule has 0 radical (unpaired) electrons. The summed E-state index contributed by atoms with van der Waals surface area (Å²) in [6.07, 6.45) is 0.861. The van der Waals surface area contributed by atoms with E-state index in [1.165, 1.54) is 0 Å². The van der Waals surface area contributed by atoms with Crippen molar-refractivity contribution >= 4 is 22.7 Å². The Hall–Kier alpha value is -2.69. The maximum Gasteiger partial charge on any atom is 0.201 e. The fourth-order valence-electron chi connectivity index (χ4n) is 2.10. The van der Waals surface area contributed by atoms with E-state index in [1.807, 2.05) is 30.3 Å². The minimum atomic E-state index is 0.289. The summed E-state index contributed by atoms with van der Waals surface area (Å²) >= 11 is 0. The molecule has 0 aliphatic heterocycles. The number of rotatable bonds is 4. The normalized spacial score (nSPS) is 10.8. The van der Waals surface area contributed by atoms with Gasteiger partial charge in [-0.1, -0.05) is 12.1 Å². The number of nitrogens with one attached hydrogen (secondary N) is 2. The van der Waals surface area contributed by atoms with Crippen molar-refractivity contribution in [2.75, 3.05) is 17.6 Å². The lowest BCUT2D eigenvalue weighted by Gasteiger charge is -2.03. The van der Waals surface area contributed by atoms with Crippen molar-refractivity contribution in [3.8, 4) is 5.75 Å². The molecule has 0 saturated carbocycles. The van der Waals surface area contributed by atoms with E-state index in [4.69, 9.17) is 5.73 Å². The van der Waals surface area contributed by atoms with Gasteiger partial charge in [-0.25, -0.2) is 4.98 Å². The number of aromatic amines is 1. The lowest BCUT2D eigenvalue weighted by Crippen LogP contribution is -2.05. The molecular weight excluding hydrogens is 252 g/mol. The van der Waals surface area contributed by atoms with Crippen LogP contribution in [0, 0.1) is 0 Å². The molecule has 0 aliphatic carbocycles. The van der Waals surface area contributed by atoms with Crippen LogP contribution in [0.2, 0.25) is 0 Å². The van der Waals surface area contributed by atoms with Crippen molar-refractivity contribution in [3.63, 3.8) is 0 Å². The molecule has 102 valence electrons. The maximum absolute atomic E-state index is 9.22. The lowest BCUT2D eigenvalue weighted by molar-refractivity contribution is 0.475. The molecule has 0 spiro atoms. The van der Waals surface area contributed by atoms with Gasteiger partial charge in [0.1, 0.15) is 5.75 Å². The van der Waals surface area contributed by atoms with Gasteiger partial charge in [0.2, 0.25) is 5.95 Å². The number of nitrogen functional groups attached to an aromatic ring is 1. The first-order valence-electron chi connectivity index (χ1n) is 6.48. The summed E-state index contributed by atoms with van der Waals surface area (Å²) in [7, 11) is 0. The third kappa shape index (κ3) is 2.66. The van der Waals surface area contributed by atoms with Gasteiger partial charge in [0.25, 0.3) is 0 Å². The highest BCUT2D eigenvalue weighted by molar-refractivity contribution is 5.80. The number of hydrogen-bond donors (Lipinski definition) is 4. The Kier molecular flexibility index (Phi) is 3.16. The van der Waals surface area contributed by atoms with Crippen molar-refractivity contribution in [1.82, 2.24) is 9.97 Å². The third-order valence-electron chi connectivity index (χ3n) is 3.15. The van der Waals surface area contributed by atoms with Gasteiger partial charge in [0.05, 0.1) is 11.0 Å². The average molecular weight is 268 g/mol. The Labute approximate surface area is 116 Å². The molecule has 0 atom stereocenters. The molecule has 5 heteroatoms. The molecule has 1 aromatic heterocycles. The number of phenolic OH excluding ortho intramolecular Hbond substituents is 1. The number of phenols is 1. The Balaban J connectivity index is 1.63.